The van der Waals surface area contributed by atoms with Crippen molar-refractivity contribution in [1.29, 1.82) is 0 Å². The number of anilines is 1. The van der Waals surface area contributed by atoms with Crippen molar-refractivity contribution in [2.75, 3.05) is 18.5 Å². The van der Waals surface area contributed by atoms with Gasteiger partial charge in [0, 0.05) is 12.8 Å². The molecule has 6 nitrogen and oxygen atoms in total. The second-order valence-electron chi connectivity index (χ2n) is 3.35. The summed E-state index contributed by atoms with van der Waals surface area (Å²) in [5.74, 6) is 0. The maximum Gasteiger partial charge on any atom is 0.310 e. The fourth-order valence-corrected chi connectivity index (χ4v) is 1.52. The number of aromatic nitrogens is 1. The molecule has 1 fully saturated rings. The van der Waals surface area contributed by atoms with Crippen LogP contribution in [0.1, 0.15) is 6.42 Å². The SMILES string of the molecule is O=[N+]([O-])c1cnccc1NC1CCOC1. The Morgan fingerprint density at radius 3 is 3.20 bits per heavy atom. The van der Waals surface area contributed by atoms with Crippen LogP contribution in [0.2, 0.25) is 0 Å². The molecule has 1 aromatic rings. The minimum Gasteiger partial charge on any atom is -0.379 e. The largest absolute Gasteiger partial charge is 0.379 e. The van der Waals surface area contributed by atoms with Gasteiger partial charge < -0.3 is 10.1 Å². The summed E-state index contributed by atoms with van der Waals surface area (Å²) in [4.78, 5) is 14.0. The third kappa shape index (κ3) is 2.21. The normalized spacial score (nSPS) is 20.1. The van der Waals surface area contributed by atoms with E-state index in [0.717, 1.165) is 6.42 Å². The van der Waals surface area contributed by atoms with Gasteiger partial charge in [-0.05, 0) is 12.5 Å². The van der Waals surface area contributed by atoms with Crippen LogP contribution in [0.25, 0.3) is 0 Å². The standard InChI is InChI=1S/C9H11N3O3/c13-12(14)9-5-10-3-1-8(9)11-7-2-4-15-6-7/h1,3,5,7H,2,4,6H2,(H,10,11). The molecule has 2 heterocycles. The number of pyridine rings is 1. The molecule has 0 saturated carbocycles. The van der Waals surface area contributed by atoms with Crippen LogP contribution in [0.4, 0.5) is 11.4 Å². The topological polar surface area (TPSA) is 77.3 Å². The van der Waals surface area contributed by atoms with Crippen molar-refractivity contribution in [3.63, 3.8) is 0 Å². The van der Waals surface area contributed by atoms with Gasteiger partial charge in [-0.25, -0.2) is 0 Å². The van der Waals surface area contributed by atoms with E-state index >= 15 is 0 Å². The summed E-state index contributed by atoms with van der Waals surface area (Å²) in [6.07, 6.45) is 3.66. The molecule has 15 heavy (non-hydrogen) atoms. The smallest absolute Gasteiger partial charge is 0.310 e. The molecule has 0 amide bonds. The summed E-state index contributed by atoms with van der Waals surface area (Å²) in [5.41, 5.74) is 0.509. The molecule has 1 aromatic heterocycles. The van der Waals surface area contributed by atoms with Crippen LogP contribution in [0.15, 0.2) is 18.5 Å². The third-order valence-electron chi connectivity index (χ3n) is 2.29. The maximum absolute atomic E-state index is 10.7. The molecule has 0 bridgehead atoms. The molecule has 6 heteroatoms. The van der Waals surface area contributed by atoms with Crippen molar-refractivity contribution in [1.82, 2.24) is 4.98 Å². The summed E-state index contributed by atoms with van der Waals surface area (Å²) < 4.78 is 5.18. The van der Waals surface area contributed by atoms with Crippen LogP contribution in [0, 0.1) is 10.1 Å². The highest BCUT2D eigenvalue weighted by molar-refractivity contribution is 5.60. The first-order valence-corrected chi connectivity index (χ1v) is 4.70. The lowest BCUT2D eigenvalue weighted by Gasteiger charge is -2.11. The van der Waals surface area contributed by atoms with Gasteiger partial charge in [0.1, 0.15) is 11.9 Å². The van der Waals surface area contributed by atoms with E-state index in [1.54, 1.807) is 6.07 Å². The molecular formula is C9H11N3O3. The Morgan fingerprint density at radius 2 is 2.53 bits per heavy atom. The molecule has 1 aliphatic heterocycles. The van der Waals surface area contributed by atoms with E-state index in [9.17, 15) is 10.1 Å². The molecule has 0 aliphatic carbocycles. The minimum atomic E-state index is -0.439. The molecular weight excluding hydrogens is 198 g/mol. The van der Waals surface area contributed by atoms with E-state index in [1.165, 1.54) is 12.4 Å². The Bertz CT molecular complexity index is 363. The average molecular weight is 209 g/mol. The third-order valence-corrected chi connectivity index (χ3v) is 2.29. The van der Waals surface area contributed by atoms with E-state index in [1.807, 2.05) is 0 Å². The van der Waals surface area contributed by atoms with Gasteiger partial charge in [-0.2, -0.15) is 0 Å². The zero-order chi connectivity index (χ0) is 10.7. The van der Waals surface area contributed by atoms with Crippen LogP contribution in [0.5, 0.6) is 0 Å². The number of nitro groups is 1. The predicted octanol–water partition coefficient (Wildman–Crippen LogP) is 1.19. The maximum atomic E-state index is 10.7. The van der Waals surface area contributed by atoms with Gasteiger partial charge in [0.2, 0.25) is 0 Å². The molecule has 0 radical (unpaired) electrons. The van der Waals surface area contributed by atoms with E-state index in [4.69, 9.17) is 4.74 Å². The number of nitrogens with one attached hydrogen (secondary N) is 1. The summed E-state index contributed by atoms with van der Waals surface area (Å²) in [5, 5.41) is 13.8. The van der Waals surface area contributed by atoms with Gasteiger partial charge in [0.25, 0.3) is 0 Å². The van der Waals surface area contributed by atoms with E-state index < -0.39 is 4.92 Å². The van der Waals surface area contributed by atoms with Crippen molar-refractivity contribution in [3.8, 4) is 0 Å². The van der Waals surface area contributed by atoms with Crippen molar-refractivity contribution in [2.24, 2.45) is 0 Å². The predicted molar refractivity (Wildman–Crippen MR) is 53.7 cm³/mol. The number of nitrogens with zero attached hydrogens (tertiary/aromatic N) is 2. The number of rotatable bonds is 3. The van der Waals surface area contributed by atoms with Gasteiger partial charge in [-0.1, -0.05) is 0 Å². The van der Waals surface area contributed by atoms with Gasteiger partial charge >= 0.3 is 5.69 Å². The molecule has 0 spiro atoms. The summed E-state index contributed by atoms with van der Waals surface area (Å²) >= 11 is 0. The highest BCUT2D eigenvalue weighted by atomic mass is 16.6. The van der Waals surface area contributed by atoms with E-state index in [-0.39, 0.29) is 11.7 Å². The molecule has 80 valence electrons. The fourth-order valence-electron chi connectivity index (χ4n) is 1.52. The highest BCUT2D eigenvalue weighted by Crippen LogP contribution is 2.24. The van der Waals surface area contributed by atoms with Crippen LogP contribution in [-0.2, 0) is 4.74 Å². The first kappa shape index (κ1) is 9.85. The lowest BCUT2D eigenvalue weighted by atomic mass is 10.2. The Kier molecular flexibility index (Phi) is 2.77. The number of hydrogen-bond donors (Lipinski definition) is 1. The lowest BCUT2D eigenvalue weighted by Crippen LogP contribution is -2.19. The molecule has 2 rings (SSSR count). The van der Waals surface area contributed by atoms with E-state index in [2.05, 4.69) is 10.3 Å². The molecule has 1 saturated heterocycles. The van der Waals surface area contributed by atoms with Crippen molar-refractivity contribution in [3.05, 3.63) is 28.6 Å². The Balaban J connectivity index is 2.15. The first-order valence-electron chi connectivity index (χ1n) is 4.70. The lowest BCUT2D eigenvalue weighted by molar-refractivity contribution is -0.384. The summed E-state index contributed by atoms with van der Waals surface area (Å²) in [6.45, 7) is 1.30. The van der Waals surface area contributed by atoms with Crippen molar-refractivity contribution in [2.45, 2.75) is 12.5 Å². The van der Waals surface area contributed by atoms with Crippen molar-refractivity contribution < 1.29 is 9.66 Å². The van der Waals surface area contributed by atoms with Crippen LogP contribution < -0.4 is 5.32 Å². The molecule has 0 aromatic carbocycles. The average Bonchev–Trinajstić information content (AvgIpc) is 2.71. The first-order chi connectivity index (χ1) is 7.27. The number of hydrogen-bond acceptors (Lipinski definition) is 5. The van der Waals surface area contributed by atoms with Crippen molar-refractivity contribution >= 4 is 11.4 Å². The minimum absolute atomic E-state index is 0.00407. The summed E-state index contributed by atoms with van der Waals surface area (Å²) in [7, 11) is 0. The Hall–Kier alpha value is -1.69. The zero-order valence-electron chi connectivity index (χ0n) is 8.05. The Morgan fingerprint density at radius 1 is 1.67 bits per heavy atom. The molecule has 1 atom stereocenters. The monoisotopic (exact) mass is 209 g/mol. The molecule has 1 aliphatic rings. The highest BCUT2D eigenvalue weighted by Gasteiger charge is 2.20. The molecule has 1 N–H and O–H groups in total. The van der Waals surface area contributed by atoms with Crippen LogP contribution in [-0.4, -0.2) is 29.2 Å². The summed E-state index contributed by atoms with van der Waals surface area (Å²) in [6, 6.07) is 1.77. The second kappa shape index (κ2) is 4.22. The van der Waals surface area contributed by atoms with Gasteiger partial charge in [-0.3, -0.25) is 15.1 Å². The zero-order valence-corrected chi connectivity index (χ0v) is 8.05. The fraction of sp³-hybridized carbons (Fsp3) is 0.444. The van der Waals surface area contributed by atoms with Crippen LogP contribution >= 0.6 is 0 Å². The van der Waals surface area contributed by atoms with Gasteiger partial charge in [0.05, 0.1) is 17.6 Å². The Labute approximate surface area is 86.4 Å². The second-order valence-corrected chi connectivity index (χ2v) is 3.35. The molecule has 1 unspecified atom stereocenters. The van der Waals surface area contributed by atoms with Crippen LogP contribution in [0.3, 0.4) is 0 Å². The van der Waals surface area contributed by atoms with Gasteiger partial charge in [-0.15, -0.1) is 0 Å². The quantitative estimate of drug-likeness (QED) is 0.597. The number of ether oxygens (including phenoxy) is 1. The van der Waals surface area contributed by atoms with Gasteiger partial charge in [0.15, 0.2) is 0 Å². The van der Waals surface area contributed by atoms with E-state index in [0.29, 0.717) is 18.9 Å².